The first-order valence-electron chi connectivity index (χ1n) is 9.71. The van der Waals surface area contributed by atoms with E-state index in [9.17, 15) is 14.7 Å². The summed E-state index contributed by atoms with van der Waals surface area (Å²) in [4.78, 5) is 26.2. The van der Waals surface area contributed by atoms with Crippen molar-refractivity contribution in [2.45, 2.75) is 39.5 Å². The Bertz CT molecular complexity index is 885. The normalized spacial score (nSPS) is 21.5. The molecule has 1 aliphatic carbocycles. The molecule has 0 unspecified atom stereocenters. The minimum atomic E-state index is -0.829. The molecule has 1 aromatic heterocycles. The lowest BCUT2D eigenvalue weighted by atomic mass is 9.99. The lowest BCUT2D eigenvalue weighted by Gasteiger charge is -2.15. The quantitative estimate of drug-likeness (QED) is 0.902. The Morgan fingerprint density at radius 1 is 1.19 bits per heavy atom. The van der Waals surface area contributed by atoms with Gasteiger partial charge in [-0.05, 0) is 49.3 Å². The van der Waals surface area contributed by atoms with E-state index in [0.717, 1.165) is 42.6 Å². The summed E-state index contributed by atoms with van der Waals surface area (Å²) in [6, 6.07) is 8.30. The number of rotatable bonds is 4. The Morgan fingerprint density at radius 3 is 2.56 bits per heavy atom. The van der Waals surface area contributed by atoms with Crippen molar-refractivity contribution in [2.24, 2.45) is 11.8 Å². The molecule has 0 spiro atoms. The highest BCUT2D eigenvalue weighted by Gasteiger charge is 2.39. The molecule has 1 aromatic carbocycles. The summed E-state index contributed by atoms with van der Waals surface area (Å²) in [5.74, 6) is -1.49. The van der Waals surface area contributed by atoms with Crippen LogP contribution in [0.3, 0.4) is 0 Å². The van der Waals surface area contributed by atoms with Crippen LogP contribution in [-0.4, -0.2) is 44.8 Å². The zero-order valence-corrected chi connectivity index (χ0v) is 15.8. The summed E-state index contributed by atoms with van der Waals surface area (Å²) in [5, 5.41) is 14.0. The number of carbonyl (C=O) groups is 2. The number of hydrogen-bond acceptors (Lipinski definition) is 3. The highest BCUT2D eigenvalue weighted by Crippen LogP contribution is 2.31. The van der Waals surface area contributed by atoms with E-state index in [4.69, 9.17) is 0 Å². The standard InChI is InChI=1S/C21H25N3O3/c1-3-14-7-9-15(10-8-14)24-18-6-4-5-16(18)19(22-24)20(25)23-11-13(2)17(12-23)21(26)27/h7-10,13,17H,3-6,11-12H2,1-2H3,(H,26,27)/t13-,17-/m1/s1. The van der Waals surface area contributed by atoms with E-state index in [1.54, 1.807) is 4.90 Å². The molecule has 2 atom stereocenters. The van der Waals surface area contributed by atoms with Crippen molar-refractivity contribution in [3.63, 3.8) is 0 Å². The number of aryl methyl sites for hydroxylation is 1. The number of benzene rings is 1. The molecule has 0 bridgehead atoms. The van der Waals surface area contributed by atoms with Gasteiger partial charge < -0.3 is 10.0 Å². The number of hydrogen-bond donors (Lipinski definition) is 1. The largest absolute Gasteiger partial charge is 0.481 e. The highest BCUT2D eigenvalue weighted by molar-refractivity contribution is 5.95. The Labute approximate surface area is 158 Å². The van der Waals surface area contributed by atoms with Crippen LogP contribution in [0.25, 0.3) is 5.69 Å². The third-order valence-corrected chi connectivity index (χ3v) is 5.94. The second-order valence-electron chi connectivity index (χ2n) is 7.69. The van der Waals surface area contributed by atoms with Crippen LogP contribution < -0.4 is 0 Å². The van der Waals surface area contributed by atoms with Crippen LogP contribution in [0.2, 0.25) is 0 Å². The molecule has 6 nitrogen and oxygen atoms in total. The smallest absolute Gasteiger partial charge is 0.308 e. The molecule has 0 saturated carbocycles. The van der Waals surface area contributed by atoms with Crippen LogP contribution in [-0.2, 0) is 24.1 Å². The minimum absolute atomic E-state index is 0.0387. The number of nitrogens with zero attached hydrogens (tertiary/aromatic N) is 3. The number of aromatic nitrogens is 2. The molecule has 142 valence electrons. The van der Waals surface area contributed by atoms with E-state index >= 15 is 0 Å². The molecular formula is C21H25N3O3. The number of aliphatic carboxylic acids is 1. The van der Waals surface area contributed by atoms with Gasteiger partial charge in [0.1, 0.15) is 0 Å². The fraction of sp³-hybridized carbons (Fsp3) is 0.476. The van der Waals surface area contributed by atoms with Crippen molar-refractivity contribution < 1.29 is 14.7 Å². The van der Waals surface area contributed by atoms with Gasteiger partial charge in [0.2, 0.25) is 0 Å². The summed E-state index contributed by atoms with van der Waals surface area (Å²) in [6.45, 7) is 4.76. The van der Waals surface area contributed by atoms with E-state index in [0.29, 0.717) is 12.2 Å². The lowest BCUT2D eigenvalue weighted by Crippen LogP contribution is -2.31. The fourth-order valence-electron chi connectivity index (χ4n) is 4.30. The number of carboxylic acid groups (broad SMARTS) is 1. The Balaban J connectivity index is 1.66. The van der Waals surface area contributed by atoms with Gasteiger partial charge in [-0.15, -0.1) is 0 Å². The summed E-state index contributed by atoms with van der Waals surface area (Å²) >= 11 is 0. The van der Waals surface area contributed by atoms with Gasteiger partial charge in [-0.3, -0.25) is 9.59 Å². The maximum Gasteiger partial charge on any atom is 0.308 e. The summed E-state index contributed by atoms with van der Waals surface area (Å²) < 4.78 is 1.91. The van der Waals surface area contributed by atoms with E-state index < -0.39 is 11.9 Å². The van der Waals surface area contributed by atoms with E-state index in [-0.39, 0.29) is 18.4 Å². The fourth-order valence-corrected chi connectivity index (χ4v) is 4.30. The van der Waals surface area contributed by atoms with Crippen molar-refractivity contribution in [3.8, 4) is 5.69 Å². The SMILES string of the molecule is CCc1ccc(-n2nc(C(=O)N3C[C@@H](C)[C@H](C(=O)O)C3)c3c2CCC3)cc1. The van der Waals surface area contributed by atoms with Crippen molar-refractivity contribution >= 4 is 11.9 Å². The van der Waals surface area contributed by atoms with Gasteiger partial charge in [-0.1, -0.05) is 26.0 Å². The average Bonchev–Trinajstić information content (AvgIpc) is 3.36. The lowest BCUT2D eigenvalue weighted by molar-refractivity contribution is -0.142. The van der Waals surface area contributed by atoms with Crippen LogP contribution in [0.4, 0.5) is 0 Å². The third-order valence-electron chi connectivity index (χ3n) is 5.94. The molecule has 4 rings (SSSR count). The van der Waals surface area contributed by atoms with Crippen molar-refractivity contribution in [3.05, 3.63) is 46.8 Å². The molecule has 2 heterocycles. The van der Waals surface area contributed by atoms with Crippen LogP contribution in [0.5, 0.6) is 0 Å². The minimum Gasteiger partial charge on any atom is -0.481 e. The maximum absolute atomic E-state index is 13.1. The number of carboxylic acids is 1. The van der Waals surface area contributed by atoms with E-state index in [1.165, 1.54) is 5.56 Å². The molecular weight excluding hydrogens is 342 g/mol. The van der Waals surface area contributed by atoms with Crippen molar-refractivity contribution in [1.82, 2.24) is 14.7 Å². The average molecular weight is 367 g/mol. The van der Waals surface area contributed by atoms with Crippen LogP contribution >= 0.6 is 0 Å². The highest BCUT2D eigenvalue weighted by atomic mass is 16.4. The molecule has 1 aliphatic heterocycles. The van der Waals surface area contributed by atoms with Gasteiger partial charge >= 0.3 is 5.97 Å². The predicted octanol–water partition coefficient (Wildman–Crippen LogP) is 2.72. The predicted molar refractivity (Wildman–Crippen MR) is 101 cm³/mol. The summed E-state index contributed by atoms with van der Waals surface area (Å²) in [6.07, 6.45) is 3.78. The van der Waals surface area contributed by atoms with Crippen LogP contribution in [0.1, 0.15) is 47.6 Å². The number of likely N-dealkylation sites (tertiary alicyclic amines) is 1. The van der Waals surface area contributed by atoms with Gasteiger partial charge in [-0.2, -0.15) is 5.10 Å². The summed E-state index contributed by atoms with van der Waals surface area (Å²) in [5.41, 5.74) is 4.89. The van der Waals surface area contributed by atoms with E-state index in [2.05, 4.69) is 36.3 Å². The second kappa shape index (κ2) is 6.83. The van der Waals surface area contributed by atoms with Crippen molar-refractivity contribution in [1.29, 1.82) is 0 Å². The zero-order valence-electron chi connectivity index (χ0n) is 15.8. The molecule has 1 N–H and O–H groups in total. The molecule has 1 amide bonds. The van der Waals surface area contributed by atoms with Gasteiger partial charge in [-0.25, -0.2) is 4.68 Å². The monoisotopic (exact) mass is 367 g/mol. The second-order valence-corrected chi connectivity index (χ2v) is 7.69. The van der Waals surface area contributed by atoms with Gasteiger partial charge in [0.05, 0.1) is 11.6 Å². The molecule has 6 heteroatoms. The van der Waals surface area contributed by atoms with Gasteiger partial charge in [0.25, 0.3) is 5.91 Å². The van der Waals surface area contributed by atoms with Crippen LogP contribution in [0, 0.1) is 11.8 Å². The first-order chi connectivity index (χ1) is 13.0. The zero-order chi connectivity index (χ0) is 19.1. The molecule has 2 aliphatic rings. The molecule has 1 fully saturated rings. The molecule has 0 radical (unpaired) electrons. The Kier molecular flexibility index (Phi) is 4.50. The number of carbonyl (C=O) groups excluding carboxylic acids is 1. The Morgan fingerprint density at radius 2 is 1.93 bits per heavy atom. The number of fused-ring (bicyclic) bond motifs is 1. The topological polar surface area (TPSA) is 75.4 Å². The third kappa shape index (κ3) is 3.03. The Hall–Kier alpha value is -2.63. The van der Waals surface area contributed by atoms with Crippen LogP contribution in [0.15, 0.2) is 24.3 Å². The molecule has 27 heavy (non-hydrogen) atoms. The maximum atomic E-state index is 13.1. The number of amides is 1. The first kappa shape index (κ1) is 17.8. The first-order valence-corrected chi connectivity index (χ1v) is 9.71. The van der Waals surface area contributed by atoms with Crippen molar-refractivity contribution in [2.75, 3.05) is 13.1 Å². The van der Waals surface area contributed by atoms with Gasteiger partial charge in [0.15, 0.2) is 5.69 Å². The molecule has 1 saturated heterocycles. The summed E-state index contributed by atoms with van der Waals surface area (Å²) in [7, 11) is 0. The van der Waals surface area contributed by atoms with Gasteiger partial charge in [0, 0.05) is 24.3 Å². The van der Waals surface area contributed by atoms with E-state index in [1.807, 2.05) is 11.6 Å². The molecule has 2 aromatic rings.